The Bertz CT molecular complexity index is 371. The average molecular weight is 316 g/mol. The first-order chi connectivity index (χ1) is 8.25. The molecule has 2 rings (SSSR count). The van der Waals surface area contributed by atoms with Crippen molar-refractivity contribution in [2.24, 2.45) is 5.92 Å². The van der Waals surface area contributed by atoms with Gasteiger partial charge in [-0.1, -0.05) is 25.7 Å². The van der Waals surface area contributed by atoms with Crippen LogP contribution in [0.15, 0.2) is 15.9 Å². The number of hydrogen-bond acceptors (Lipinski definition) is 2. The SMILES string of the molecule is O=C(CCC1CCCC1)NCc1sccc1Br. The zero-order valence-electron chi connectivity index (χ0n) is 9.88. The average Bonchev–Trinajstić information content (AvgIpc) is 2.95. The van der Waals surface area contributed by atoms with Gasteiger partial charge in [-0.05, 0) is 39.7 Å². The van der Waals surface area contributed by atoms with E-state index in [0.717, 1.165) is 16.8 Å². The molecule has 1 aromatic rings. The van der Waals surface area contributed by atoms with Crippen LogP contribution in [0, 0.1) is 5.92 Å². The molecule has 1 aliphatic carbocycles. The number of hydrogen-bond donors (Lipinski definition) is 1. The smallest absolute Gasteiger partial charge is 0.220 e. The summed E-state index contributed by atoms with van der Waals surface area (Å²) >= 11 is 5.14. The maximum atomic E-state index is 11.7. The summed E-state index contributed by atoms with van der Waals surface area (Å²) in [5, 5.41) is 5.02. The van der Waals surface area contributed by atoms with Gasteiger partial charge in [-0.2, -0.15) is 0 Å². The minimum atomic E-state index is 0.192. The van der Waals surface area contributed by atoms with Gasteiger partial charge in [0, 0.05) is 15.8 Å². The summed E-state index contributed by atoms with van der Waals surface area (Å²) in [6.07, 6.45) is 7.11. The summed E-state index contributed by atoms with van der Waals surface area (Å²) in [6, 6.07) is 2.02. The van der Waals surface area contributed by atoms with E-state index in [0.29, 0.717) is 13.0 Å². The molecule has 1 heterocycles. The third-order valence-electron chi connectivity index (χ3n) is 3.39. The molecule has 94 valence electrons. The van der Waals surface area contributed by atoms with Crippen molar-refractivity contribution in [3.8, 4) is 0 Å². The van der Waals surface area contributed by atoms with Crippen LogP contribution in [0.5, 0.6) is 0 Å². The molecule has 0 aromatic carbocycles. The van der Waals surface area contributed by atoms with E-state index >= 15 is 0 Å². The lowest BCUT2D eigenvalue weighted by Gasteiger charge is -2.08. The van der Waals surface area contributed by atoms with Crippen LogP contribution in [0.4, 0.5) is 0 Å². The van der Waals surface area contributed by atoms with E-state index in [2.05, 4.69) is 21.2 Å². The second-order valence-electron chi connectivity index (χ2n) is 4.66. The van der Waals surface area contributed by atoms with Crippen LogP contribution in [0.2, 0.25) is 0 Å². The molecule has 2 nitrogen and oxygen atoms in total. The molecule has 1 aliphatic rings. The van der Waals surface area contributed by atoms with Crippen molar-refractivity contribution in [1.29, 1.82) is 0 Å². The predicted octanol–water partition coefficient (Wildman–Crippen LogP) is 4.10. The molecule has 1 fully saturated rings. The molecule has 17 heavy (non-hydrogen) atoms. The lowest BCUT2D eigenvalue weighted by molar-refractivity contribution is -0.121. The Labute approximate surface area is 115 Å². The van der Waals surface area contributed by atoms with Crippen LogP contribution in [-0.4, -0.2) is 5.91 Å². The Morgan fingerprint density at radius 2 is 2.24 bits per heavy atom. The Hall–Kier alpha value is -0.350. The van der Waals surface area contributed by atoms with Crippen molar-refractivity contribution in [2.75, 3.05) is 0 Å². The molecule has 1 amide bonds. The molecule has 0 unspecified atom stereocenters. The maximum Gasteiger partial charge on any atom is 0.220 e. The second kappa shape index (κ2) is 6.55. The van der Waals surface area contributed by atoms with Crippen LogP contribution in [0.1, 0.15) is 43.4 Å². The second-order valence-corrected chi connectivity index (χ2v) is 6.51. The molecular weight excluding hydrogens is 298 g/mol. The molecule has 1 N–H and O–H groups in total. The van der Waals surface area contributed by atoms with E-state index in [-0.39, 0.29) is 5.91 Å². The Morgan fingerprint density at radius 1 is 1.47 bits per heavy atom. The number of carbonyl (C=O) groups is 1. The van der Waals surface area contributed by atoms with Crippen molar-refractivity contribution in [1.82, 2.24) is 5.32 Å². The van der Waals surface area contributed by atoms with E-state index in [1.807, 2.05) is 11.4 Å². The van der Waals surface area contributed by atoms with E-state index in [1.54, 1.807) is 11.3 Å². The molecule has 1 aromatic heterocycles. The van der Waals surface area contributed by atoms with Crippen LogP contribution >= 0.6 is 27.3 Å². The summed E-state index contributed by atoms with van der Waals surface area (Å²) in [4.78, 5) is 12.9. The quantitative estimate of drug-likeness (QED) is 0.871. The normalized spacial score (nSPS) is 16.3. The highest BCUT2D eigenvalue weighted by atomic mass is 79.9. The van der Waals surface area contributed by atoms with Gasteiger partial charge in [-0.15, -0.1) is 11.3 Å². The van der Waals surface area contributed by atoms with Gasteiger partial charge in [0.2, 0.25) is 5.91 Å². The number of halogens is 1. The number of rotatable bonds is 5. The van der Waals surface area contributed by atoms with E-state index in [9.17, 15) is 4.79 Å². The minimum absolute atomic E-state index is 0.192. The third-order valence-corrected chi connectivity index (χ3v) is 5.32. The lowest BCUT2D eigenvalue weighted by Crippen LogP contribution is -2.22. The van der Waals surface area contributed by atoms with Gasteiger partial charge >= 0.3 is 0 Å². The highest BCUT2D eigenvalue weighted by Crippen LogP contribution is 2.28. The molecule has 0 atom stereocenters. The minimum Gasteiger partial charge on any atom is -0.351 e. The molecule has 1 saturated carbocycles. The van der Waals surface area contributed by atoms with Crippen molar-refractivity contribution in [3.05, 3.63) is 20.8 Å². The lowest BCUT2D eigenvalue weighted by atomic mass is 10.0. The van der Waals surface area contributed by atoms with E-state index in [4.69, 9.17) is 0 Å². The fraction of sp³-hybridized carbons (Fsp3) is 0.615. The van der Waals surface area contributed by atoms with Gasteiger partial charge < -0.3 is 5.32 Å². The van der Waals surface area contributed by atoms with Crippen LogP contribution in [0.25, 0.3) is 0 Å². The predicted molar refractivity (Wildman–Crippen MR) is 75.1 cm³/mol. The highest BCUT2D eigenvalue weighted by Gasteiger charge is 2.16. The first-order valence-corrected chi connectivity index (χ1v) is 7.91. The largest absolute Gasteiger partial charge is 0.351 e. The Morgan fingerprint density at radius 3 is 2.88 bits per heavy atom. The van der Waals surface area contributed by atoms with Gasteiger partial charge in [0.25, 0.3) is 0 Å². The van der Waals surface area contributed by atoms with E-state index < -0.39 is 0 Å². The zero-order valence-corrected chi connectivity index (χ0v) is 12.3. The van der Waals surface area contributed by atoms with Crippen molar-refractivity contribution in [2.45, 2.75) is 45.1 Å². The summed E-state index contributed by atoms with van der Waals surface area (Å²) < 4.78 is 1.10. The fourth-order valence-corrected chi connectivity index (χ4v) is 3.78. The van der Waals surface area contributed by atoms with Crippen LogP contribution in [-0.2, 0) is 11.3 Å². The van der Waals surface area contributed by atoms with Gasteiger partial charge in [-0.3, -0.25) is 4.79 Å². The van der Waals surface area contributed by atoms with Gasteiger partial charge in [0.1, 0.15) is 0 Å². The Kier molecular flexibility index (Phi) is 5.04. The molecule has 0 saturated heterocycles. The molecular formula is C13H18BrNOS. The number of thiophene rings is 1. The summed E-state index contributed by atoms with van der Waals surface area (Å²) in [7, 11) is 0. The molecule has 0 radical (unpaired) electrons. The number of amides is 1. The van der Waals surface area contributed by atoms with Gasteiger partial charge in [0.05, 0.1) is 6.54 Å². The summed E-state index contributed by atoms with van der Waals surface area (Å²) in [6.45, 7) is 0.655. The van der Waals surface area contributed by atoms with Crippen LogP contribution in [0.3, 0.4) is 0 Å². The molecule has 0 spiro atoms. The number of carbonyl (C=O) groups excluding carboxylic acids is 1. The molecule has 0 bridgehead atoms. The first kappa shape index (κ1) is 13.1. The zero-order chi connectivity index (χ0) is 12.1. The van der Waals surface area contributed by atoms with E-state index in [1.165, 1.54) is 30.6 Å². The highest BCUT2D eigenvalue weighted by molar-refractivity contribution is 9.10. The third kappa shape index (κ3) is 4.11. The van der Waals surface area contributed by atoms with Gasteiger partial charge in [-0.25, -0.2) is 0 Å². The topological polar surface area (TPSA) is 29.1 Å². The fourth-order valence-electron chi connectivity index (χ4n) is 2.35. The summed E-state index contributed by atoms with van der Waals surface area (Å²) in [5.41, 5.74) is 0. The molecule has 4 heteroatoms. The Balaban J connectivity index is 1.65. The van der Waals surface area contributed by atoms with Crippen molar-refractivity contribution in [3.63, 3.8) is 0 Å². The first-order valence-electron chi connectivity index (χ1n) is 6.24. The van der Waals surface area contributed by atoms with Crippen molar-refractivity contribution >= 4 is 33.2 Å². The van der Waals surface area contributed by atoms with Gasteiger partial charge in [0.15, 0.2) is 0 Å². The summed E-state index contributed by atoms with van der Waals surface area (Å²) in [5.74, 6) is 0.992. The van der Waals surface area contributed by atoms with Crippen molar-refractivity contribution < 1.29 is 4.79 Å². The number of nitrogens with one attached hydrogen (secondary N) is 1. The maximum absolute atomic E-state index is 11.7. The monoisotopic (exact) mass is 315 g/mol. The standard InChI is InChI=1S/C13H18BrNOS/c14-11-7-8-17-12(11)9-15-13(16)6-5-10-3-1-2-4-10/h7-8,10H,1-6,9H2,(H,15,16). The molecule has 0 aliphatic heterocycles. The van der Waals surface area contributed by atoms with Crippen LogP contribution < -0.4 is 5.32 Å².